The zero-order valence-corrected chi connectivity index (χ0v) is 10.2. The maximum absolute atomic E-state index is 9.26. The molecule has 0 amide bonds. The van der Waals surface area contributed by atoms with E-state index in [9.17, 15) is 5.11 Å². The van der Waals surface area contributed by atoms with Crippen LogP contribution in [0.15, 0.2) is 29.2 Å². The molecule has 0 bridgehead atoms. The van der Waals surface area contributed by atoms with Crippen molar-refractivity contribution in [2.45, 2.75) is 36.8 Å². The van der Waals surface area contributed by atoms with Crippen LogP contribution in [0.1, 0.15) is 25.8 Å². The molecule has 1 aromatic rings. The van der Waals surface area contributed by atoms with Crippen LogP contribution in [0.3, 0.4) is 0 Å². The van der Waals surface area contributed by atoms with E-state index in [1.165, 1.54) is 10.5 Å². The fourth-order valence-corrected chi connectivity index (χ4v) is 3.67. The van der Waals surface area contributed by atoms with E-state index < -0.39 is 0 Å². The van der Waals surface area contributed by atoms with Crippen LogP contribution in [-0.2, 0) is 6.42 Å². The molecule has 1 aliphatic rings. The van der Waals surface area contributed by atoms with Crippen LogP contribution < -0.4 is 0 Å². The molecule has 0 fully saturated rings. The van der Waals surface area contributed by atoms with Gasteiger partial charge in [0.15, 0.2) is 0 Å². The Hall–Kier alpha value is -0.470. The highest BCUT2D eigenvalue weighted by molar-refractivity contribution is 8.00. The molecule has 15 heavy (non-hydrogen) atoms. The first-order valence-corrected chi connectivity index (χ1v) is 6.34. The van der Waals surface area contributed by atoms with Crippen LogP contribution in [0.2, 0.25) is 0 Å². The quantitative estimate of drug-likeness (QED) is 0.848. The second-order valence-electron chi connectivity index (χ2n) is 5.08. The van der Waals surface area contributed by atoms with Crippen LogP contribution in [0, 0.1) is 5.41 Å². The highest BCUT2D eigenvalue weighted by Crippen LogP contribution is 2.41. The fourth-order valence-electron chi connectivity index (χ4n) is 2.05. The second kappa shape index (κ2) is 4.18. The zero-order valence-electron chi connectivity index (χ0n) is 9.36. The van der Waals surface area contributed by atoms with Gasteiger partial charge in [-0.05, 0) is 29.9 Å². The van der Waals surface area contributed by atoms with Crippen molar-refractivity contribution in [3.8, 4) is 0 Å². The van der Waals surface area contributed by atoms with Gasteiger partial charge < -0.3 is 5.11 Å². The Labute approximate surface area is 95.9 Å². The minimum Gasteiger partial charge on any atom is -0.396 e. The summed E-state index contributed by atoms with van der Waals surface area (Å²) in [5, 5.41) is 9.91. The van der Waals surface area contributed by atoms with Gasteiger partial charge >= 0.3 is 0 Å². The highest BCUT2D eigenvalue weighted by atomic mass is 32.2. The molecule has 82 valence electrons. The Morgan fingerprint density at radius 3 is 2.80 bits per heavy atom. The molecule has 1 atom stereocenters. The molecule has 0 aliphatic carbocycles. The van der Waals surface area contributed by atoms with Crippen molar-refractivity contribution in [3.05, 3.63) is 29.8 Å². The molecule has 2 heteroatoms. The first-order valence-electron chi connectivity index (χ1n) is 5.46. The van der Waals surface area contributed by atoms with Crippen molar-refractivity contribution in [1.29, 1.82) is 0 Å². The van der Waals surface area contributed by atoms with E-state index in [-0.39, 0.29) is 12.0 Å². The maximum Gasteiger partial charge on any atom is 0.0482 e. The lowest BCUT2D eigenvalue weighted by Crippen LogP contribution is -2.22. The lowest BCUT2D eigenvalue weighted by molar-refractivity contribution is 0.150. The minimum absolute atomic E-state index is 0.0553. The molecular weight excluding hydrogens is 204 g/mol. The molecule has 1 heterocycles. The Kier molecular flexibility index (Phi) is 3.08. The summed E-state index contributed by atoms with van der Waals surface area (Å²) < 4.78 is 0. The summed E-state index contributed by atoms with van der Waals surface area (Å²) in [7, 11) is 0. The van der Waals surface area contributed by atoms with Crippen LogP contribution >= 0.6 is 11.8 Å². The maximum atomic E-state index is 9.26. The Morgan fingerprint density at radius 1 is 1.40 bits per heavy atom. The first-order chi connectivity index (χ1) is 7.11. The van der Waals surface area contributed by atoms with E-state index in [1.807, 2.05) is 11.8 Å². The number of thioether (sulfide) groups is 1. The van der Waals surface area contributed by atoms with E-state index in [1.54, 1.807) is 0 Å². The van der Waals surface area contributed by atoms with Crippen molar-refractivity contribution < 1.29 is 5.11 Å². The number of aliphatic hydroxyl groups is 1. The molecule has 1 nitrogen and oxygen atoms in total. The van der Waals surface area contributed by atoms with E-state index in [0.29, 0.717) is 5.25 Å². The van der Waals surface area contributed by atoms with Gasteiger partial charge in [-0.2, -0.15) is 0 Å². The summed E-state index contributed by atoms with van der Waals surface area (Å²) in [6.07, 6.45) is 2.24. The summed E-state index contributed by atoms with van der Waals surface area (Å²) in [4.78, 5) is 1.43. The highest BCUT2D eigenvalue weighted by Gasteiger charge is 2.28. The van der Waals surface area contributed by atoms with Crippen LogP contribution in [0.25, 0.3) is 0 Å². The molecule has 0 radical (unpaired) electrons. The average molecular weight is 222 g/mol. The van der Waals surface area contributed by atoms with Crippen LogP contribution in [0.4, 0.5) is 0 Å². The molecule has 1 N–H and O–H groups in total. The predicted molar refractivity (Wildman–Crippen MR) is 65.3 cm³/mol. The van der Waals surface area contributed by atoms with Gasteiger partial charge in [0.25, 0.3) is 0 Å². The standard InChI is InChI=1S/C13H18OS/c1-13(2,9-14)8-11-7-10-5-3-4-6-12(10)15-11/h3-6,11,14H,7-9H2,1-2H3. The summed E-state index contributed by atoms with van der Waals surface area (Å²) in [5.74, 6) is 0. The molecular formula is C13H18OS. The number of aliphatic hydroxyl groups excluding tert-OH is 1. The summed E-state index contributed by atoms with van der Waals surface area (Å²) in [5.41, 5.74) is 1.53. The monoisotopic (exact) mass is 222 g/mol. The third-order valence-corrected chi connectivity index (χ3v) is 4.24. The SMILES string of the molecule is CC(C)(CO)CC1Cc2ccccc2S1. The van der Waals surface area contributed by atoms with Gasteiger partial charge in [0.1, 0.15) is 0 Å². The van der Waals surface area contributed by atoms with E-state index in [4.69, 9.17) is 0 Å². The zero-order chi connectivity index (χ0) is 10.9. The van der Waals surface area contributed by atoms with Gasteiger partial charge in [-0.1, -0.05) is 32.0 Å². The first kappa shape index (κ1) is 11.0. The molecule has 0 spiro atoms. The number of benzene rings is 1. The van der Waals surface area contributed by atoms with E-state index in [0.717, 1.165) is 12.8 Å². The lowest BCUT2D eigenvalue weighted by atomic mass is 9.87. The second-order valence-corrected chi connectivity index (χ2v) is 6.42. The molecule has 0 saturated heterocycles. The number of hydrogen-bond acceptors (Lipinski definition) is 2. The van der Waals surface area contributed by atoms with Gasteiger partial charge in [0, 0.05) is 16.8 Å². The Balaban J connectivity index is 2.02. The van der Waals surface area contributed by atoms with Gasteiger partial charge in [-0.3, -0.25) is 0 Å². The van der Waals surface area contributed by atoms with E-state index in [2.05, 4.69) is 38.1 Å². The lowest BCUT2D eigenvalue weighted by Gasteiger charge is -2.24. The number of hydrogen-bond donors (Lipinski definition) is 1. The van der Waals surface area contributed by atoms with Crippen molar-refractivity contribution in [2.75, 3.05) is 6.61 Å². The number of fused-ring (bicyclic) bond motifs is 1. The Bertz CT molecular complexity index is 321. The topological polar surface area (TPSA) is 20.2 Å². The summed E-state index contributed by atoms with van der Waals surface area (Å²) in [6, 6.07) is 8.63. The molecule has 1 unspecified atom stereocenters. The van der Waals surface area contributed by atoms with Crippen molar-refractivity contribution in [3.63, 3.8) is 0 Å². The average Bonchev–Trinajstić information content (AvgIpc) is 2.58. The number of rotatable bonds is 3. The van der Waals surface area contributed by atoms with Gasteiger partial charge in [0.2, 0.25) is 0 Å². The third-order valence-electron chi connectivity index (χ3n) is 2.92. The molecule has 0 saturated carbocycles. The summed E-state index contributed by atoms with van der Waals surface area (Å²) >= 11 is 1.97. The van der Waals surface area contributed by atoms with Gasteiger partial charge in [-0.25, -0.2) is 0 Å². The normalized spacial score (nSPS) is 20.3. The van der Waals surface area contributed by atoms with Crippen LogP contribution in [-0.4, -0.2) is 17.0 Å². The summed E-state index contributed by atoms with van der Waals surface area (Å²) in [6.45, 7) is 4.55. The molecule has 1 aliphatic heterocycles. The minimum atomic E-state index is 0.0553. The van der Waals surface area contributed by atoms with Crippen molar-refractivity contribution in [1.82, 2.24) is 0 Å². The fraction of sp³-hybridized carbons (Fsp3) is 0.538. The van der Waals surface area contributed by atoms with E-state index >= 15 is 0 Å². The third kappa shape index (κ3) is 2.56. The van der Waals surface area contributed by atoms with Crippen molar-refractivity contribution in [2.24, 2.45) is 5.41 Å². The molecule has 1 aromatic carbocycles. The largest absolute Gasteiger partial charge is 0.396 e. The molecule has 0 aromatic heterocycles. The Morgan fingerprint density at radius 2 is 2.13 bits per heavy atom. The van der Waals surface area contributed by atoms with Crippen LogP contribution in [0.5, 0.6) is 0 Å². The molecule has 2 rings (SSSR count). The van der Waals surface area contributed by atoms with Crippen molar-refractivity contribution >= 4 is 11.8 Å². The van der Waals surface area contributed by atoms with Gasteiger partial charge in [0.05, 0.1) is 0 Å². The van der Waals surface area contributed by atoms with Gasteiger partial charge in [-0.15, -0.1) is 11.8 Å². The predicted octanol–water partition coefficient (Wildman–Crippen LogP) is 3.11. The smallest absolute Gasteiger partial charge is 0.0482 e.